The van der Waals surface area contributed by atoms with E-state index < -0.39 is 10.0 Å². The minimum Gasteiger partial charge on any atom is -0.338 e. The van der Waals surface area contributed by atoms with Crippen LogP contribution in [0.3, 0.4) is 0 Å². The first-order valence-electron chi connectivity index (χ1n) is 9.94. The van der Waals surface area contributed by atoms with E-state index in [1.807, 2.05) is 17.9 Å². The van der Waals surface area contributed by atoms with Crippen molar-refractivity contribution in [1.82, 2.24) is 14.6 Å². The molecule has 0 aliphatic carbocycles. The molecule has 0 saturated carbocycles. The molecule has 1 N–H and O–H groups in total. The monoisotopic (exact) mass is 495 g/mol. The van der Waals surface area contributed by atoms with E-state index in [1.165, 1.54) is 11.3 Å². The molecule has 1 aliphatic heterocycles. The van der Waals surface area contributed by atoms with Gasteiger partial charge < -0.3 is 4.90 Å². The van der Waals surface area contributed by atoms with Crippen molar-refractivity contribution in [3.63, 3.8) is 0 Å². The summed E-state index contributed by atoms with van der Waals surface area (Å²) in [7, 11) is -3.69. The maximum atomic E-state index is 12.9. The number of likely N-dealkylation sites (tertiary alicyclic amines) is 1. The minimum atomic E-state index is -3.69. The van der Waals surface area contributed by atoms with Crippen LogP contribution in [0, 0.1) is 6.92 Å². The van der Waals surface area contributed by atoms with Gasteiger partial charge in [0.1, 0.15) is 14.1 Å². The predicted octanol–water partition coefficient (Wildman–Crippen LogP) is 4.94. The number of piperidine rings is 1. The zero-order chi connectivity index (χ0) is 22.0. The quantitative estimate of drug-likeness (QED) is 0.525. The molecule has 2 aromatic heterocycles. The summed E-state index contributed by atoms with van der Waals surface area (Å²) in [5, 5.41) is 2.93. The summed E-state index contributed by atoms with van der Waals surface area (Å²) in [5.74, 6) is 0.0189. The summed E-state index contributed by atoms with van der Waals surface area (Å²) in [4.78, 5) is 19.9. The molecule has 1 aliphatic rings. The molecule has 0 atom stereocenters. The number of carbonyl (C=O) groups excluding carboxylic acids is 1. The highest BCUT2D eigenvalue weighted by Gasteiger charge is 2.24. The number of benzene rings is 1. The third kappa shape index (κ3) is 5.01. The second-order valence-corrected chi connectivity index (χ2v) is 11.7. The Hall–Kier alpha value is -1.78. The number of aryl methyl sites for hydroxylation is 1. The van der Waals surface area contributed by atoms with Crippen molar-refractivity contribution < 1.29 is 13.2 Å². The number of thiophene rings is 1. The van der Waals surface area contributed by atoms with Gasteiger partial charge in [0.2, 0.25) is 10.0 Å². The molecule has 0 bridgehead atoms. The SMILES string of the molecule is Cc1nc(-c2csc(S(=O)(=O)NCc3ccccc3Cl)c2)sc1C(=O)N1CCCCC1. The lowest BCUT2D eigenvalue weighted by molar-refractivity contribution is 0.0728. The number of halogens is 1. The molecular formula is C21H22ClN3O3S3. The molecule has 1 aromatic carbocycles. The number of thiazole rings is 1. The Morgan fingerprint density at radius 2 is 1.97 bits per heavy atom. The molecule has 1 fully saturated rings. The molecule has 0 spiro atoms. The molecule has 1 saturated heterocycles. The van der Waals surface area contributed by atoms with Crippen LogP contribution in [-0.2, 0) is 16.6 Å². The topological polar surface area (TPSA) is 79.4 Å². The molecule has 0 unspecified atom stereocenters. The minimum absolute atomic E-state index is 0.0189. The van der Waals surface area contributed by atoms with Crippen LogP contribution in [0.15, 0.2) is 39.9 Å². The van der Waals surface area contributed by atoms with Crippen LogP contribution in [0.5, 0.6) is 0 Å². The smallest absolute Gasteiger partial charge is 0.265 e. The van der Waals surface area contributed by atoms with E-state index in [2.05, 4.69) is 9.71 Å². The summed E-state index contributed by atoms with van der Waals surface area (Å²) < 4.78 is 28.2. The second kappa shape index (κ2) is 9.38. The average Bonchev–Trinajstić information content (AvgIpc) is 3.41. The molecular weight excluding hydrogens is 474 g/mol. The number of nitrogens with zero attached hydrogens (tertiary/aromatic N) is 2. The van der Waals surface area contributed by atoms with Crippen LogP contribution >= 0.6 is 34.3 Å². The fourth-order valence-corrected chi connectivity index (χ4v) is 6.93. The van der Waals surface area contributed by atoms with Crippen molar-refractivity contribution in [3.8, 4) is 10.6 Å². The van der Waals surface area contributed by atoms with Gasteiger partial charge in [-0.3, -0.25) is 4.79 Å². The van der Waals surface area contributed by atoms with Crippen LogP contribution in [0.25, 0.3) is 10.6 Å². The fraction of sp³-hybridized carbons (Fsp3) is 0.333. The summed E-state index contributed by atoms with van der Waals surface area (Å²) in [6, 6.07) is 8.72. The lowest BCUT2D eigenvalue weighted by Crippen LogP contribution is -2.35. The molecule has 0 radical (unpaired) electrons. The lowest BCUT2D eigenvalue weighted by atomic mass is 10.1. The first-order valence-corrected chi connectivity index (χ1v) is 13.5. The van der Waals surface area contributed by atoms with Crippen LogP contribution in [0.4, 0.5) is 0 Å². The number of carbonyl (C=O) groups is 1. The summed E-state index contributed by atoms with van der Waals surface area (Å²) >= 11 is 8.56. The number of hydrogen-bond acceptors (Lipinski definition) is 6. The van der Waals surface area contributed by atoms with Gasteiger partial charge in [0.05, 0.1) is 5.69 Å². The van der Waals surface area contributed by atoms with Gasteiger partial charge in [0, 0.05) is 35.6 Å². The Morgan fingerprint density at radius 3 is 2.71 bits per heavy atom. The predicted molar refractivity (Wildman–Crippen MR) is 125 cm³/mol. The maximum absolute atomic E-state index is 12.9. The lowest BCUT2D eigenvalue weighted by Gasteiger charge is -2.26. The van der Waals surface area contributed by atoms with Crippen molar-refractivity contribution in [2.75, 3.05) is 13.1 Å². The number of rotatable bonds is 6. The zero-order valence-corrected chi connectivity index (χ0v) is 20.1. The largest absolute Gasteiger partial charge is 0.338 e. The maximum Gasteiger partial charge on any atom is 0.265 e. The molecule has 3 aromatic rings. The highest BCUT2D eigenvalue weighted by molar-refractivity contribution is 7.91. The van der Waals surface area contributed by atoms with Gasteiger partial charge in [-0.05, 0) is 43.9 Å². The Bertz CT molecular complexity index is 1200. The van der Waals surface area contributed by atoms with E-state index in [9.17, 15) is 13.2 Å². The van der Waals surface area contributed by atoms with E-state index >= 15 is 0 Å². The molecule has 6 nitrogen and oxygen atoms in total. The van der Waals surface area contributed by atoms with E-state index in [4.69, 9.17) is 11.6 Å². The van der Waals surface area contributed by atoms with Crippen LogP contribution in [0.2, 0.25) is 5.02 Å². The highest BCUT2D eigenvalue weighted by Crippen LogP contribution is 2.34. The normalized spacial score (nSPS) is 14.7. The van der Waals surface area contributed by atoms with Gasteiger partial charge in [-0.25, -0.2) is 18.1 Å². The molecule has 1 amide bonds. The number of amides is 1. The van der Waals surface area contributed by atoms with Crippen LogP contribution in [-0.4, -0.2) is 37.3 Å². The van der Waals surface area contributed by atoms with Crippen molar-refractivity contribution in [2.24, 2.45) is 0 Å². The van der Waals surface area contributed by atoms with Crippen molar-refractivity contribution in [3.05, 3.63) is 56.9 Å². The van der Waals surface area contributed by atoms with Gasteiger partial charge in [-0.1, -0.05) is 29.8 Å². The Labute approximate surface area is 194 Å². The van der Waals surface area contributed by atoms with E-state index in [1.54, 1.807) is 29.6 Å². The summed E-state index contributed by atoms with van der Waals surface area (Å²) in [5.41, 5.74) is 2.10. The number of hydrogen-bond donors (Lipinski definition) is 1. The van der Waals surface area contributed by atoms with Crippen molar-refractivity contribution in [1.29, 1.82) is 0 Å². The van der Waals surface area contributed by atoms with Gasteiger partial charge >= 0.3 is 0 Å². The van der Waals surface area contributed by atoms with Gasteiger partial charge in [-0.15, -0.1) is 22.7 Å². The highest BCUT2D eigenvalue weighted by atomic mass is 35.5. The summed E-state index contributed by atoms with van der Waals surface area (Å²) in [6.07, 6.45) is 3.22. The van der Waals surface area contributed by atoms with Crippen molar-refractivity contribution >= 4 is 50.2 Å². The second-order valence-electron chi connectivity index (χ2n) is 7.36. The van der Waals surface area contributed by atoms with E-state index in [-0.39, 0.29) is 16.7 Å². The van der Waals surface area contributed by atoms with Crippen molar-refractivity contribution in [2.45, 2.75) is 36.9 Å². The van der Waals surface area contributed by atoms with E-state index in [0.717, 1.165) is 43.7 Å². The Kier molecular flexibility index (Phi) is 6.78. The first kappa shape index (κ1) is 22.4. The molecule has 10 heteroatoms. The van der Waals surface area contributed by atoms with Gasteiger partial charge in [0.15, 0.2) is 0 Å². The molecule has 4 rings (SSSR count). The standard InChI is InChI=1S/C21H22ClN3O3S3/c1-14-19(21(26)25-9-5-2-6-10-25)30-20(24-14)16-11-18(29-13-16)31(27,28)23-12-15-7-3-4-8-17(15)22/h3-4,7-8,11,13,23H,2,5-6,9-10,12H2,1H3. The Balaban J connectivity index is 1.50. The molecule has 164 valence electrons. The molecule has 31 heavy (non-hydrogen) atoms. The number of nitrogens with one attached hydrogen (secondary N) is 1. The number of sulfonamides is 1. The van der Waals surface area contributed by atoms with Gasteiger partial charge in [-0.2, -0.15) is 0 Å². The van der Waals surface area contributed by atoms with Crippen LogP contribution in [0.1, 0.15) is 40.2 Å². The fourth-order valence-electron chi connectivity index (χ4n) is 3.41. The average molecular weight is 496 g/mol. The zero-order valence-electron chi connectivity index (χ0n) is 16.9. The third-order valence-electron chi connectivity index (χ3n) is 5.13. The Morgan fingerprint density at radius 1 is 1.23 bits per heavy atom. The van der Waals surface area contributed by atoms with Gasteiger partial charge in [0.25, 0.3) is 5.91 Å². The van der Waals surface area contributed by atoms with E-state index in [0.29, 0.717) is 31.7 Å². The third-order valence-corrected chi connectivity index (χ3v) is 9.54. The summed E-state index contributed by atoms with van der Waals surface area (Å²) in [6.45, 7) is 3.50. The van der Waals surface area contributed by atoms with Crippen LogP contribution < -0.4 is 4.72 Å². The first-order chi connectivity index (χ1) is 14.8. The number of aromatic nitrogens is 1. The molecule has 3 heterocycles.